The molecule has 1 saturated heterocycles. The first-order valence-corrected chi connectivity index (χ1v) is 8.51. The van der Waals surface area contributed by atoms with Crippen molar-refractivity contribution in [3.63, 3.8) is 0 Å². The number of aliphatic hydroxyl groups excluding tert-OH is 2. The number of piperidine rings is 1. The number of rotatable bonds is 1. The lowest BCUT2D eigenvalue weighted by Gasteiger charge is -2.47. The molecule has 1 aliphatic heterocycles. The van der Waals surface area contributed by atoms with E-state index in [0.717, 1.165) is 18.4 Å². The van der Waals surface area contributed by atoms with Crippen LogP contribution in [0.15, 0.2) is 24.3 Å². The molecule has 0 aromatic heterocycles. The second-order valence-corrected chi connectivity index (χ2v) is 7.56. The van der Waals surface area contributed by atoms with Crippen LogP contribution in [0.1, 0.15) is 18.4 Å². The highest BCUT2D eigenvalue weighted by Gasteiger charge is 2.69. The fourth-order valence-corrected chi connectivity index (χ4v) is 6.01. The van der Waals surface area contributed by atoms with Crippen LogP contribution in [0.3, 0.4) is 0 Å². The van der Waals surface area contributed by atoms with Crippen molar-refractivity contribution in [1.29, 1.82) is 0 Å². The molecule has 2 N–H and O–H groups in total. The summed E-state index contributed by atoms with van der Waals surface area (Å²) in [6, 6.07) is 6.49. The SMILES string of the molecule is O[C@@H]1[C@H]2[C@@H]3C[C@H]1N(CC#Cc1ccc(F)cc1)[C@H]1[C@@H](O)[C@H]3C[C@H]21. The molecule has 120 valence electrons. The van der Waals surface area contributed by atoms with E-state index in [9.17, 15) is 14.6 Å². The molecule has 0 amide bonds. The van der Waals surface area contributed by atoms with Gasteiger partial charge in [0.2, 0.25) is 0 Å². The molecule has 23 heavy (non-hydrogen) atoms. The Morgan fingerprint density at radius 1 is 1.04 bits per heavy atom. The van der Waals surface area contributed by atoms with Crippen molar-refractivity contribution in [2.45, 2.75) is 37.1 Å². The van der Waals surface area contributed by atoms with Crippen molar-refractivity contribution in [1.82, 2.24) is 4.90 Å². The molecule has 3 saturated carbocycles. The van der Waals surface area contributed by atoms with Crippen molar-refractivity contribution in [3.05, 3.63) is 35.6 Å². The molecule has 4 bridgehead atoms. The van der Waals surface area contributed by atoms with Gasteiger partial charge in [-0.1, -0.05) is 11.8 Å². The Morgan fingerprint density at radius 3 is 2.61 bits per heavy atom. The zero-order chi connectivity index (χ0) is 15.7. The van der Waals surface area contributed by atoms with Crippen molar-refractivity contribution >= 4 is 0 Å². The van der Waals surface area contributed by atoms with Gasteiger partial charge in [-0.2, -0.15) is 0 Å². The van der Waals surface area contributed by atoms with E-state index in [2.05, 4.69) is 16.7 Å². The van der Waals surface area contributed by atoms with Gasteiger partial charge >= 0.3 is 0 Å². The molecule has 5 rings (SSSR count). The van der Waals surface area contributed by atoms with Crippen LogP contribution in [0, 0.1) is 41.3 Å². The van der Waals surface area contributed by atoms with Crippen molar-refractivity contribution in [2.75, 3.05) is 6.54 Å². The van der Waals surface area contributed by atoms with Crippen LogP contribution < -0.4 is 0 Å². The lowest BCUT2D eigenvalue weighted by Crippen LogP contribution is -2.60. The summed E-state index contributed by atoms with van der Waals surface area (Å²) in [5.74, 6) is 7.70. The second-order valence-electron chi connectivity index (χ2n) is 7.56. The highest BCUT2D eigenvalue weighted by Crippen LogP contribution is 2.64. The summed E-state index contributed by atoms with van der Waals surface area (Å²) in [6.07, 6.45) is 1.55. The maximum atomic E-state index is 12.9. The Balaban J connectivity index is 1.40. The van der Waals surface area contributed by atoms with Gasteiger partial charge in [-0.25, -0.2) is 4.39 Å². The Labute approximate surface area is 135 Å². The van der Waals surface area contributed by atoms with E-state index in [-0.39, 0.29) is 30.1 Å². The van der Waals surface area contributed by atoms with Crippen molar-refractivity contribution < 1.29 is 14.6 Å². The van der Waals surface area contributed by atoms with Gasteiger partial charge in [0, 0.05) is 17.6 Å². The molecule has 4 heteroatoms. The molecule has 0 spiro atoms. The summed E-state index contributed by atoms with van der Waals surface area (Å²) < 4.78 is 12.9. The molecule has 3 nitrogen and oxygen atoms in total. The molecule has 8 atom stereocenters. The largest absolute Gasteiger partial charge is 0.391 e. The molecule has 0 radical (unpaired) electrons. The summed E-state index contributed by atoms with van der Waals surface area (Å²) in [7, 11) is 0. The fraction of sp³-hybridized carbons (Fsp3) is 0.579. The van der Waals surface area contributed by atoms with Gasteiger partial charge in [0.25, 0.3) is 0 Å². The monoisotopic (exact) mass is 313 g/mol. The number of benzene rings is 1. The number of likely N-dealkylation sites (tertiary alicyclic amines) is 1. The highest BCUT2D eigenvalue weighted by molar-refractivity contribution is 5.34. The predicted octanol–water partition coefficient (Wildman–Crippen LogP) is 1.24. The molecule has 4 aliphatic rings. The topological polar surface area (TPSA) is 43.7 Å². The van der Waals surface area contributed by atoms with Crippen molar-refractivity contribution in [3.8, 4) is 11.8 Å². The predicted molar refractivity (Wildman–Crippen MR) is 82.8 cm³/mol. The van der Waals surface area contributed by atoms with Gasteiger partial charge in [-0.15, -0.1) is 0 Å². The molecule has 1 aromatic carbocycles. The van der Waals surface area contributed by atoms with Gasteiger partial charge < -0.3 is 10.2 Å². The molecular weight excluding hydrogens is 293 g/mol. The second kappa shape index (κ2) is 4.80. The van der Waals surface area contributed by atoms with E-state index < -0.39 is 0 Å². The maximum Gasteiger partial charge on any atom is 0.123 e. The van der Waals surface area contributed by atoms with Crippen molar-refractivity contribution in [2.24, 2.45) is 23.7 Å². The quantitative estimate of drug-likeness (QED) is 0.767. The standard InChI is InChI=1S/C19H20FNO2/c20-11-5-3-10(4-6-11)2-1-7-21-15-9-12-13-8-14(16(12)19(15)23)17(21)18(13)22/h3-6,12-19,22-23H,7-9H2/t12-,13+,14-,15-,16+,17-,18+,19+/m1/s1. The summed E-state index contributed by atoms with van der Waals surface area (Å²) in [5, 5.41) is 21.2. The van der Waals surface area contributed by atoms with E-state index in [1.165, 1.54) is 12.1 Å². The molecule has 0 unspecified atom stereocenters. The Bertz CT molecular complexity index is 694. The number of aliphatic hydroxyl groups is 2. The van der Waals surface area contributed by atoms with E-state index in [4.69, 9.17) is 0 Å². The van der Waals surface area contributed by atoms with Gasteiger partial charge in [-0.3, -0.25) is 4.90 Å². The van der Waals surface area contributed by atoms with Gasteiger partial charge in [0.1, 0.15) is 5.82 Å². The lowest BCUT2D eigenvalue weighted by molar-refractivity contribution is -0.0932. The zero-order valence-corrected chi connectivity index (χ0v) is 12.8. The molecule has 1 heterocycles. The van der Waals surface area contributed by atoms with Crippen LogP contribution in [0.4, 0.5) is 4.39 Å². The number of hydrogen-bond donors (Lipinski definition) is 2. The average Bonchev–Trinajstić information content (AvgIpc) is 3.11. The van der Waals surface area contributed by atoms with Crippen LogP contribution in [-0.2, 0) is 0 Å². The number of hydrogen-bond acceptors (Lipinski definition) is 3. The normalized spacial score (nSPS) is 46.2. The fourth-order valence-electron chi connectivity index (χ4n) is 6.01. The zero-order valence-electron chi connectivity index (χ0n) is 12.8. The van der Waals surface area contributed by atoms with Gasteiger partial charge in [-0.05, 0) is 60.8 Å². The Hall–Kier alpha value is -1.41. The number of halogens is 1. The van der Waals surface area contributed by atoms with Crippen LogP contribution >= 0.6 is 0 Å². The average molecular weight is 313 g/mol. The van der Waals surface area contributed by atoms with E-state index >= 15 is 0 Å². The lowest BCUT2D eigenvalue weighted by atomic mass is 9.75. The molecular formula is C19H20FNO2. The summed E-state index contributed by atoms with van der Waals surface area (Å²) in [4.78, 5) is 2.25. The van der Waals surface area contributed by atoms with Crippen LogP contribution in [0.2, 0.25) is 0 Å². The van der Waals surface area contributed by atoms with Crippen LogP contribution in [0.25, 0.3) is 0 Å². The van der Waals surface area contributed by atoms with Crippen LogP contribution in [0.5, 0.6) is 0 Å². The minimum atomic E-state index is -0.258. The molecule has 1 aromatic rings. The third-order valence-corrected chi connectivity index (χ3v) is 6.76. The first kappa shape index (κ1) is 14.0. The molecule has 3 aliphatic carbocycles. The Morgan fingerprint density at radius 2 is 1.83 bits per heavy atom. The maximum absolute atomic E-state index is 12.9. The summed E-state index contributed by atoms with van der Waals surface area (Å²) in [6.45, 7) is 0.559. The first-order chi connectivity index (χ1) is 11.1. The number of fused-ring (bicyclic) bond motifs is 3. The molecule has 4 fully saturated rings. The van der Waals surface area contributed by atoms with E-state index in [0.29, 0.717) is 30.2 Å². The van der Waals surface area contributed by atoms with E-state index in [1.54, 1.807) is 12.1 Å². The summed E-state index contributed by atoms with van der Waals surface area (Å²) in [5.41, 5.74) is 0.794. The van der Waals surface area contributed by atoms with E-state index in [1.807, 2.05) is 0 Å². The van der Waals surface area contributed by atoms with Gasteiger partial charge in [0.05, 0.1) is 18.8 Å². The van der Waals surface area contributed by atoms with Gasteiger partial charge in [0.15, 0.2) is 0 Å². The smallest absolute Gasteiger partial charge is 0.123 e. The Kier molecular flexibility index (Phi) is 2.91. The van der Waals surface area contributed by atoms with Crippen LogP contribution in [-0.4, -0.2) is 45.9 Å². The minimum Gasteiger partial charge on any atom is -0.391 e. The summed E-state index contributed by atoms with van der Waals surface area (Å²) >= 11 is 0. The third kappa shape index (κ3) is 1.82. The minimum absolute atomic E-state index is 0.147. The number of nitrogens with zero attached hydrogens (tertiary/aromatic N) is 1. The third-order valence-electron chi connectivity index (χ3n) is 6.76. The first-order valence-electron chi connectivity index (χ1n) is 8.51. The highest BCUT2D eigenvalue weighted by atomic mass is 19.1.